The van der Waals surface area contributed by atoms with Gasteiger partial charge in [0.1, 0.15) is 6.33 Å². The van der Waals surface area contributed by atoms with Crippen molar-refractivity contribution in [3.8, 4) is 5.69 Å². The molecule has 0 spiro atoms. The lowest BCUT2D eigenvalue weighted by atomic mass is 10.1. The van der Waals surface area contributed by atoms with Gasteiger partial charge in [-0.05, 0) is 53.8 Å². The zero-order chi connectivity index (χ0) is 15.5. The SMILES string of the molecule is O=C(NC(CCO)C1CC1)c1cc(Cl)ccc1-n1cnnn1. The van der Waals surface area contributed by atoms with Gasteiger partial charge < -0.3 is 10.4 Å². The maximum absolute atomic E-state index is 12.6. The van der Waals surface area contributed by atoms with Crippen molar-refractivity contribution in [3.05, 3.63) is 35.1 Å². The molecule has 7 nitrogen and oxygen atoms in total. The molecule has 1 fully saturated rings. The van der Waals surface area contributed by atoms with E-state index in [1.165, 1.54) is 11.0 Å². The van der Waals surface area contributed by atoms with Crippen LogP contribution in [0.3, 0.4) is 0 Å². The number of tetrazole rings is 1. The topological polar surface area (TPSA) is 92.9 Å². The minimum Gasteiger partial charge on any atom is -0.396 e. The molecule has 0 radical (unpaired) electrons. The van der Waals surface area contributed by atoms with Crippen LogP contribution < -0.4 is 5.32 Å². The fourth-order valence-corrected chi connectivity index (χ4v) is 2.64. The highest BCUT2D eigenvalue weighted by Crippen LogP contribution is 2.34. The van der Waals surface area contributed by atoms with Crippen LogP contribution in [-0.2, 0) is 0 Å². The highest BCUT2D eigenvalue weighted by Gasteiger charge is 2.32. The van der Waals surface area contributed by atoms with Gasteiger partial charge in [-0.2, -0.15) is 4.68 Å². The molecule has 1 saturated carbocycles. The second-order valence-corrected chi connectivity index (χ2v) is 5.78. The maximum Gasteiger partial charge on any atom is 0.253 e. The molecule has 1 aliphatic rings. The predicted molar refractivity (Wildman–Crippen MR) is 79.8 cm³/mol. The van der Waals surface area contributed by atoms with E-state index < -0.39 is 0 Å². The third-order valence-corrected chi connectivity index (χ3v) is 3.98. The van der Waals surface area contributed by atoms with Crippen molar-refractivity contribution < 1.29 is 9.90 Å². The average Bonchev–Trinajstić information content (AvgIpc) is 3.22. The zero-order valence-electron chi connectivity index (χ0n) is 11.8. The number of rotatable bonds is 6. The number of hydrogen-bond donors (Lipinski definition) is 2. The molecule has 22 heavy (non-hydrogen) atoms. The molecule has 0 saturated heterocycles. The van der Waals surface area contributed by atoms with Gasteiger partial charge in [0.05, 0.1) is 11.3 Å². The van der Waals surface area contributed by atoms with Crippen LogP contribution in [0.4, 0.5) is 0 Å². The van der Waals surface area contributed by atoms with E-state index in [1.807, 2.05) is 0 Å². The molecule has 8 heteroatoms. The molecular weight excluding hydrogens is 306 g/mol. The molecule has 1 unspecified atom stereocenters. The van der Waals surface area contributed by atoms with Gasteiger partial charge in [-0.15, -0.1) is 5.10 Å². The molecule has 1 atom stereocenters. The zero-order valence-corrected chi connectivity index (χ0v) is 12.6. The molecule has 1 amide bonds. The quantitative estimate of drug-likeness (QED) is 0.834. The minimum atomic E-state index is -0.238. The van der Waals surface area contributed by atoms with Gasteiger partial charge >= 0.3 is 0 Å². The molecular formula is C14H16ClN5O2. The van der Waals surface area contributed by atoms with E-state index in [4.69, 9.17) is 16.7 Å². The van der Waals surface area contributed by atoms with Gasteiger partial charge in [0.25, 0.3) is 5.91 Å². The van der Waals surface area contributed by atoms with Gasteiger partial charge in [0, 0.05) is 17.7 Å². The van der Waals surface area contributed by atoms with Crippen LogP contribution in [-0.4, -0.2) is 43.9 Å². The first-order chi connectivity index (χ1) is 10.7. The number of aliphatic hydroxyl groups excluding tert-OH is 1. The normalized spacial score (nSPS) is 15.5. The van der Waals surface area contributed by atoms with Crippen molar-refractivity contribution in [2.45, 2.75) is 25.3 Å². The number of carbonyl (C=O) groups is 1. The van der Waals surface area contributed by atoms with Crippen molar-refractivity contribution in [1.82, 2.24) is 25.5 Å². The summed E-state index contributed by atoms with van der Waals surface area (Å²) in [4.78, 5) is 12.6. The van der Waals surface area contributed by atoms with E-state index in [0.717, 1.165) is 12.8 Å². The lowest BCUT2D eigenvalue weighted by Gasteiger charge is -2.18. The Morgan fingerprint density at radius 1 is 1.50 bits per heavy atom. The Balaban J connectivity index is 1.86. The first kappa shape index (κ1) is 14.9. The van der Waals surface area contributed by atoms with E-state index in [9.17, 15) is 4.79 Å². The molecule has 1 aromatic heterocycles. The van der Waals surface area contributed by atoms with E-state index >= 15 is 0 Å². The Labute approximate surface area is 132 Å². The van der Waals surface area contributed by atoms with Crippen LogP contribution in [0.25, 0.3) is 5.69 Å². The summed E-state index contributed by atoms with van der Waals surface area (Å²) in [5, 5.41) is 23.6. The van der Waals surface area contributed by atoms with Crippen LogP contribution >= 0.6 is 11.6 Å². The first-order valence-corrected chi connectivity index (χ1v) is 7.51. The molecule has 1 aromatic carbocycles. The van der Waals surface area contributed by atoms with Gasteiger partial charge in [-0.1, -0.05) is 11.6 Å². The van der Waals surface area contributed by atoms with E-state index in [0.29, 0.717) is 28.6 Å². The van der Waals surface area contributed by atoms with Crippen molar-refractivity contribution in [2.75, 3.05) is 6.61 Å². The van der Waals surface area contributed by atoms with E-state index in [1.54, 1.807) is 18.2 Å². The summed E-state index contributed by atoms with van der Waals surface area (Å²) in [6.07, 6.45) is 4.14. The average molecular weight is 322 g/mol. The summed E-state index contributed by atoms with van der Waals surface area (Å²) in [5.74, 6) is 0.213. The van der Waals surface area contributed by atoms with Crippen LogP contribution in [0, 0.1) is 5.92 Å². The lowest BCUT2D eigenvalue weighted by Crippen LogP contribution is -2.37. The fourth-order valence-electron chi connectivity index (χ4n) is 2.47. The smallest absolute Gasteiger partial charge is 0.253 e. The van der Waals surface area contributed by atoms with Crippen molar-refractivity contribution in [1.29, 1.82) is 0 Å². The maximum atomic E-state index is 12.6. The van der Waals surface area contributed by atoms with Crippen LogP contribution in [0.5, 0.6) is 0 Å². The highest BCUT2D eigenvalue weighted by molar-refractivity contribution is 6.31. The number of halogens is 1. The highest BCUT2D eigenvalue weighted by atomic mass is 35.5. The number of aliphatic hydroxyl groups is 1. The molecule has 1 aliphatic carbocycles. The number of benzene rings is 1. The summed E-state index contributed by atoms with van der Waals surface area (Å²) >= 11 is 6.01. The molecule has 116 valence electrons. The number of amides is 1. The Morgan fingerprint density at radius 2 is 2.32 bits per heavy atom. The molecule has 2 N–H and O–H groups in total. The summed E-state index contributed by atoms with van der Waals surface area (Å²) < 4.78 is 1.42. The largest absolute Gasteiger partial charge is 0.396 e. The minimum absolute atomic E-state index is 0.0156. The molecule has 2 aromatic rings. The fraction of sp³-hybridized carbons (Fsp3) is 0.429. The number of aromatic nitrogens is 4. The van der Waals surface area contributed by atoms with Crippen LogP contribution in [0.1, 0.15) is 29.6 Å². The Morgan fingerprint density at radius 3 is 2.95 bits per heavy atom. The van der Waals surface area contributed by atoms with Crippen LogP contribution in [0.15, 0.2) is 24.5 Å². The standard InChI is InChI=1S/C14H16ClN5O2/c15-10-3-4-13(20-8-16-18-19-20)11(7-10)14(22)17-12(5-6-21)9-1-2-9/h3-4,7-9,12,21H,1-2,5-6H2,(H,17,22). The van der Waals surface area contributed by atoms with Crippen molar-refractivity contribution in [2.24, 2.45) is 5.92 Å². The number of nitrogens with zero attached hydrogens (tertiary/aromatic N) is 4. The van der Waals surface area contributed by atoms with Gasteiger partial charge in [0.15, 0.2) is 0 Å². The third-order valence-electron chi connectivity index (χ3n) is 3.75. The summed E-state index contributed by atoms with van der Waals surface area (Å²) in [6.45, 7) is 0.0524. The van der Waals surface area contributed by atoms with Gasteiger partial charge in [-0.3, -0.25) is 4.79 Å². The van der Waals surface area contributed by atoms with E-state index in [2.05, 4.69) is 20.8 Å². The summed E-state index contributed by atoms with van der Waals surface area (Å²) in [5.41, 5.74) is 0.967. The second-order valence-electron chi connectivity index (χ2n) is 5.35. The first-order valence-electron chi connectivity index (χ1n) is 7.13. The monoisotopic (exact) mass is 321 g/mol. The summed E-state index contributed by atoms with van der Waals surface area (Å²) in [6, 6.07) is 4.96. The third kappa shape index (κ3) is 3.26. The van der Waals surface area contributed by atoms with E-state index in [-0.39, 0.29) is 18.6 Å². The predicted octanol–water partition coefficient (Wildman–Crippen LogP) is 1.21. The number of carbonyl (C=O) groups excluding carboxylic acids is 1. The van der Waals surface area contributed by atoms with Gasteiger partial charge in [0.2, 0.25) is 0 Å². The van der Waals surface area contributed by atoms with Crippen LogP contribution in [0.2, 0.25) is 5.02 Å². The Hall–Kier alpha value is -1.99. The molecule has 1 heterocycles. The Kier molecular flexibility index (Phi) is 4.35. The van der Waals surface area contributed by atoms with Gasteiger partial charge in [-0.25, -0.2) is 0 Å². The lowest BCUT2D eigenvalue weighted by molar-refractivity contribution is 0.0924. The summed E-state index contributed by atoms with van der Waals surface area (Å²) in [7, 11) is 0. The number of nitrogens with one attached hydrogen (secondary N) is 1. The van der Waals surface area contributed by atoms with Crippen molar-refractivity contribution in [3.63, 3.8) is 0 Å². The Bertz CT molecular complexity index is 657. The number of hydrogen-bond acceptors (Lipinski definition) is 5. The molecule has 3 rings (SSSR count). The van der Waals surface area contributed by atoms with Crippen molar-refractivity contribution >= 4 is 17.5 Å². The molecule has 0 bridgehead atoms. The second kappa shape index (κ2) is 6.41. The molecule has 0 aliphatic heterocycles.